The van der Waals surface area contributed by atoms with E-state index in [1.165, 1.54) is 11.8 Å². The normalized spacial score (nSPS) is 22.4. The molecule has 17 heavy (non-hydrogen) atoms. The molecule has 0 aromatic heterocycles. The van der Waals surface area contributed by atoms with Crippen molar-refractivity contribution < 1.29 is 14.4 Å². The first-order chi connectivity index (χ1) is 7.88. The molecule has 0 radical (unpaired) electrons. The Morgan fingerprint density at radius 1 is 1.41 bits per heavy atom. The molecule has 0 aliphatic carbocycles. The molecule has 1 aliphatic rings. The monoisotopic (exact) mass is 239 g/mol. The lowest BCUT2D eigenvalue weighted by Gasteiger charge is -2.25. The summed E-state index contributed by atoms with van der Waals surface area (Å²) in [7, 11) is 0. The van der Waals surface area contributed by atoms with Gasteiger partial charge in [0.05, 0.1) is 6.04 Å². The number of Topliss-reactive ketones (excluding diaryl/α,β-unsaturated/α-hetero) is 1. The van der Waals surface area contributed by atoms with Crippen LogP contribution in [0.25, 0.3) is 0 Å². The van der Waals surface area contributed by atoms with Gasteiger partial charge in [0, 0.05) is 12.3 Å². The highest BCUT2D eigenvalue weighted by Crippen LogP contribution is 2.27. The number of nitrogens with zero attached hydrogens (tertiary/aromatic N) is 1. The van der Waals surface area contributed by atoms with Crippen molar-refractivity contribution in [2.45, 2.75) is 53.0 Å². The Bertz CT molecular complexity index is 336. The van der Waals surface area contributed by atoms with Crippen LogP contribution in [0.5, 0.6) is 0 Å². The summed E-state index contributed by atoms with van der Waals surface area (Å²) in [6, 6.07) is -0.563. The van der Waals surface area contributed by atoms with Gasteiger partial charge in [-0.15, -0.1) is 0 Å². The van der Waals surface area contributed by atoms with Crippen LogP contribution in [0.4, 0.5) is 0 Å². The third-order valence-corrected chi connectivity index (χ3v) is 3.24. The molecule has 0 aromatic carbocycles. The lowest BCUT2D eigenvalue weighted by molar-refractivity contribution is -0.146. The quantitative estimate of drug-likeness (QED) is 0.687. The number of likely N-dealkylation sites (tertiary alicyclic amines) is 1. The first-order valence-corrected chi connectivity index (χ1v) is 6.24. The number of carbonyl (C=O) groups is 3. The molecule has 4 heteroatoms. The molecule has 0 aromatic rings. The Morgan fingerprint density at radius 2 is 2.00 bits per heavy atom. The number of carbonyl (C=O) groups excluding carboxylic acids is 3. The van der Waals surface area contributed by atoms with Crippen LogP contribution in [0.15, 0.2) is 0 Å². The number of amides is 2. The maximum Gasteiger partial charge on any atom is 0.233 e. The van der Waals surface area contributed by atoms with Crippen LogP contribution in [-0.4, -0.2) is 28.5 Å². The molecule has 0 bridgehead atoms. The Hall–Kier alpha value is -1.19. The summed E-state index contributed by atoms with van der Waals surface area (Å²) in [6.45, 7) is 7.31. The van der Waals surface area contributed by atoms with Crippen LogP contribution in [-0.2, 0) is 14.4 Å². The van der Waals surface area contributed by atoms with E-state index >= 15 is 0 Å². The highest BCUT2D eigenvalue weighted by Gasteiger charge is 2.42. The van der Waals surface area contributed by atoms with Gasteiger partial charge in [0.2, 0.25) is 11.8 Å². The van der Waals surface area contributed by atoms with Gasteiger partial charge in [-0.2, -0.15) is 0 Å². The maximum absolute atomic E-state index is 12.0. The lowest BCUT2D eigenvalue weighted by Crippen LogP contribution is -2.45. The highest BCUT2D eigenvalue weighted by molar-refractivity contribution is 6.06. The fourth-order valence-electron chi connectivity index (χ4n) is 2.26. The van der Waals surface area contributed by atoms with Gasteiger partial charge in [-0.05, 0) is 25.7 Å². The van der Waals surface area contributed by atoms with Crippen molar-refractivity contribution in [1.82, 2.24) is 4.90 Å². The summed E-state index contributed by atoms with van der Waals surface area (Å²) >= 11 is 0. The first-order valence-electron chi connectivity index (χ1n) is 6.24. The van der Waals surface area contributed by atoms with E-state index in [-0.39, 0.29) is 35.9 Å². The van der Waals surface area contributed by atoms with Crippen molar-refractivity contribution in [3.63, 3.8) is 0 Å². The minimum Gasteiger partial charge on any atom is -0.298 e. The zero-order valence-electron chi connectivity index (χ0n) is 11.0. The van der Waals surface area contributed by atoms with Gasteiger partial charge in [0.15, 0.2) is 5.78 Å². The Labute approximate surface area is 102 Å². The van der Waals surface area contributed by atoms with Gasteiger partial charge in [0.25, 0.3) is 0 Å². The van der Waals surface area contributed by atoms with E-state index in [1.807, 2.05) is 20.8 Å². The second-order valence-corrected chi connectivity index (χ2v) is 5.17. The van der Waals surface area contributed by atoms with Gasteiger partial charge in [-0.3, -0.25) is 19.3 Å². The molecule has 1 fully saturated rings. The predicted molar refractivity (Wildman–Crippen MR) is 64.2 cm³/mol. The van der Waals surface area contributed by atoms with Crippen LogP contribution in [0, 0.1) is 11.8 Å². The standard InChI is InChI=1S/C13H21NO3/c1-5-10-7-12(16)14(13(10)17)11(9(4)15)6-8(2)3/h8,10-11H,5-7H2,1-4H3/t10-,11-/m0/s1. The predicted octanol–water partition coefficient (Wildman–Crippen LogP) is 1.78. The van der Waals surface area contributed by atoms with Gasteiger partial charge >= 0.3 is 0 Å². The smallest absolute Gasteiger partial charge is 0.233 e. The van der Waals surface area contributed by atoms with Crippen molar-refractivity contribution in [1.29, 1.82) is 0 Å². The van der Waals surface area contributed by atoms with Gasteiger partial charge in [0.1, 0.15) is 0 Å². The summed E-state index contributed by atoms with van der Waals surface area (Å²) in [5, 5.41) is 0. The number of rotatable bonds is 5. The van der Waals surface area contributed by atoms with Crippen LogP contribution in [0.1, 0.15) is 47.0 Å². The molecule has 96 valence electrons. The fraction of sp³-hybridized carbons (Fsp3) is 0.769. The van der Waals surface area contributed by atoms with E-state index in [9.17, 15) is 14.4 Å². The van der Waals surface area contributed by atoms with Crippen molar-refractivity contribution >= 4 is 17.6 Å². The largest absolute Gasteiger partial charge is 0.298 e. The fourth-order valence-corrected chi connectivity index (χ4v) is 2.26. The van der Waals surface area contributed by atoms with Crippen LogP contribution >= 0.6 is 0 Å². The molecule has 4 nitrogen and oxygen atoms in total. The molecule has 1 saturated heterocycles. The molecule has 0 spiro atoms. The van der Waals surface area contributed by atoms with Crippen LogP contribution in [0.2, 0.25) is 0 Å². The molecule has 2 amide bonds. The van der Waals surface area contributed by atoms with Crippen molar-refractivity contribution in [3.8, 4) is 0 Å². The van der Waals surface area contributed by atoms with Crippen molar-refractivity contribution in [3.05, 3.63) is 0 Å². The molecule has 0 unspecified atom stereocenters. The van der Waals surface area contributed by atoms with E-state index < -0.39 is 6.04 Å². The number of ketones is 1. The van der Waals surface area contributed by atoms with Gasteiger partial charge in [-0.1, -0.05) is 20.8 Å². The van der Waals surface area contributed by atoms with E-state index in [4.69, 9.17) is 0 Å². The summed E-state index contributed by atoms with van der Waals surface area (Å²) < 4.78 is 0. The third-order valence-electron chi connectivity index (χ3n) is 3.24. The second kappa shape index (κ2) is 5.43. The molecule has 0 saturated carbocycles. The Balaban J connectivity index is 2.91. The SMILES string of the molecule is CC[C@H]1CC(=O)N([C@@H](CC(C)C)C(C)=O)C1=O. The number of hydrogen-bond acceptors (Lipinski definition) is 3. The Kier molecular flexibility index (Phi) is 4.43. The minimum atomic E-state index is -0.563. The Morgan fingerprint density at radius 3 is 2.35 bits per heavy atom. The number of hydrogen-bond donors (Lipinski definition) is 0. The van der Waals surface area contributed by atoms with Gasteiger partial charge < -0.3 is 0 Å². The zero-order chi connectivity index (χ0) is 13.2. The first kappa shape index (κ1) is 13.9. The lowest BCUT2D eigenvalue weighted by atomic mass is 9.99. The average molecular weight is 239 g/mol. The molecule has 1 aliphatic heterocycles. The molecule has 2 atom stereocenters. The van der Waals surface area contributed by atoms with Crippen molar-refractivity contribution in [2.75, 3.05) is 0 Å². The molecule has 1 heterocycles. The number of imide groups is 1. The van der Waals surface area contributed by atoms with Gasteiger partial charge in [-0.25, -0.2) is 0 Å². The topological polar surface area (TPSA) is 54.5 Å². The van der Waals surface area contributed by atoms with E-state index in [2.05, 4.69) is 0 Å². The van der Waals surface area contributed by atoms with Crippen LogP contribution in [0.3, 0.4) is 0 Å². The summed E-state index contributed by atoms with van der Waals surface area (Å²) in [5.41, 5.74) is 0. The minimum absolute atomic E-state index is 0.0999. The summed E-state index contributed by atoms with van der Waals surface area (Å²) in [6.07, 6.45) is 1.48. The molecular weight excluding hydrogens is 218 g/mol. The van der Waals surface area contributed by atoms with E-state index in [0.29, 0.717) is 12.8 Å². The summed E-state index contributed by atoms with van der Waals surface area (Å²) in [5.74, 6) is -0.403. The van der Waals surface area contributed by atoms with Crippen LogP contribution < -0.4 is 0 Å². The molecule has 0 N–H and O–H groups in total. The summed E-state index contributed by atoms with van der Waals surface area (Å²) in [4.78, 5) is 36.7. The van der Waals surface area contributed by atoms with E-state index in [0.717, 1.165) is 0 Å². The molecular formula is C13H21NO3. The second-order valence-electron chi connectivity index (χ2n) is 5.17. The zero-order valence-corrected chi connectivity index (χ0v) is 11.0. The average Bonchev–Trinajstić information content (AvgIpc) is 2.50. The van der Waals surface area contributed by atoms with E-state index in [1.54, 1.807) is 0 Å². The van der Waals surface area contributed by atoms with Crippen molar-refractivity contribution in [2.24, 2.45) is 11.8 Å². The maximum atomic E-state index is 12.0. The molecule has 1 rings (SSSR count). The third kappa shape index (κ3) is 2.93. The highest BCUT2D eigenvalue weighted by atomic mass is 16.2.